The quantitative estimate of drug-likeness (QED) is 0.486. The van der Waals surface area contributed by atoms with Crippen LogP contribution in [0.4, 0.5) is 11.4 Å². The molecule has 7 bridgehead atoms. The molecule has 0 radical (unpaired) electrons. The summed E-state index contributed by atoms with van der Waals surface area (Å²) in [5.41, 5.74) is 13.5. The first-order chi connectivity index (χ1) is 17.4. The molecule has 1 amide bonds. The zero-order valence-electron chi connectivity index (χ0n) is 21.4. The Hall–Kier alpha value is -3.02. The molecule has 6 heteroatoms. The summed E-state index contributed by atoms with van der Waals surface area (Å²) < 4.78 is 0. The van der Waals surface area contributed by atoms with Crippen LogP contribution in [0.5, 0.6) is 0 Å². The number of benzene rings is 2. The van der Waals surface area contributed by atoms with Crippen LogP contribution in [0.2, 0.25) is 0 Å². The molecule has 192 valence electrons. The molecule has 5 aliphatic heterocycles. The number of carbonyl (C=O) groups excluding carboxylic acids is 1. The third kappa shape index (κ3) is 5.09. The number of carboxylic acid groups (broad SMARTS) is 1. The van der Waals surface area contributed by atoms with E-state index in [1.807, 2.05) is 24.0 Å². The summed E-state index contributed by atoms with van der Waals surface area (Å²) in [4.78, 5) is 27.4. The Morgan fingerprint density at radius 3 is 2.67 bits per heavy atom. The molecule has 36 heavy (non-hydrogen) atoms. The first-order valence-corrected chi connectivity index (χ1v) is 13.7. The topological polar surface area (TPSA) is 95.7 Å². The minimum Gasteiger partial charge on any atom is -0.481 e. The normalized spacial score (nSPS) is 24.5. The number of carbonyl (C=O) groups is 2. The van der Waals surface area contributed by atoms with Gasteiger partial charge < -0.3 is 21.1 Å². The highest BCUT2D eigenvalue weighted by molar-refractivity contribution is 5.79. The minimum absolute atomic E-state index is 0.00225. The number of rotatable bonds is 2. The van der Waals surface area contributed by atoms with Crippen molar-refractivity contribution in [2.45, 2.75) is 77.2 Å². The fourth-order valence-electron chi connectivity index (χ4n) is 6.58. The molecule has 5 heterocycles. The first-order valence-electron chi connectivity index (χ1n) is 13.7. The van der Waals surface area contributed by atoms with E-state index in [4.69, 9.17) is 5.73 Å². The van der Waals surface area contributed by atoms with Gasteiger partial charge in [0.25, 0.3) is 0 Å². The Balaban J connectivity index is 1.52. The molecule has 1 fully saturated rings. The van der Waals surface area contributed by atoms with Crippen molar-refractivity contribution in [2.75, 3.05) is 24.1 Å². The molecule has 0 aromatic heterocycles. The van der Waals surface area contributed by atoms with Gasteiger partial charge in [0.1, 0.15) is 0 Å². The molecule has 0 spiro atoms. The lowest BCUT2D eigenvalue weighted by atomic mass is 9.79. The average molecular weight is 490 g/mol. The summed E-state index contributed by atoms with van der Waals surface area (Å²) in [6, 6.07) is 10.4. The Labute approximate surface area is 214 Å². The molecule has 1 saturated carbocycles. The lowest BCUT2D eigenvalue weighted by Gasteiger charge is -2.35. The summed E-state index contributed by atoms with van der Waals surface area (Å²) in [6.45, 7) is 4.25. The number of carboxylic acids is 1. The van der Waals surface area contributed by atoms with Crippen molar-refractivity contribution in [2.24, 2.45) is 11.8 Å². The third-order valence-electron chi connectivity index (χ3n) is 8.82. The summed E-state index contributed by atoms with van der Waals surface area (Å²) in [5, 5.41) is 13.3. The molecule has 1 unspecified atom stereocenters. The lowest BCUT2D eigenvalue weighted by molar-refractivity contribution is -0.138. The minimum atomic E-state index is -0.834. The van der Waals surface area contributed by atoms with E-state index in [1.165, 1.54) is 18.4 Å². The van der Waals surface area contributed by atoms with Crippen LogP contribution in [0.25, 0.3) is 0 Å². The van der Waals surface area contributed by atoms with Crippen molar-refractivity contribution in [1.82, 2.24) is 4.90 Å². The van der Waals surface area contributed by atoms with Gasteiger partial charge in [-0.3, -0.25) is 9.59 Å². The molecular weight excluding hydrogens is 450 g/mol. The van der Waals surface area contributed by atoms with Crippen LogP contribution in [-0.4, -0.2) is 35.0 Å². The molecule has 6 aliphatic rings. The predicted molar refractivity (Wildman–Crippen MR) is 143 cm³/mol. The number of nitrogens with two attached hydrogens (primary N) is 1. The molecule has 4 N–H and O–H groups in total. The van der Waals surface area contributed by atoms with Crippen LogP contribution in [-0.2, 0) is 22.6 Å². The van der Waals surface area contributed by atoms with Crippen molar-refractivity contribution < 1.29 is 14.7 Å². The maximum absolute atomic E-state index is 13.4. The van der Waals surface area contributed by atoms with Gasteiger partial charge >= 0.3 is 5.97 Å². The number of hydrogen-bond donors (Lipinski definition) is 3. The smallest absolute Gasteiger partial charge is 0.304 e. The molecule has 1 atom stereocenters. The zero-order chi connectivity index (χ0) is 25.2. The van der Waals surface area contributed by atoms with Crippen molar-refractivity contribution >= 4 is 23.3 Å². The average Bonchev–Trinajstić information content (AvgIpc) is 2.88. The first kappa shape index (κ1) is 24.7. The van der Waals surface area contributed by atoms with E-state index in [9.17, 15) is 14.7 Å². The summed E-state index contributed by atoms with van der Waals surface area (Å²) in [7, 11) is 0. The molecule has 1 aliphatic carbocycles. The van der Waals surface area contributed by atoms with Crippen LogP contribution in [0.15, 0.2) is 30.3 Å². The third-order valence-corrected chi connectivity index (χ3v) is 8.82. The van der Waals surface area contributed by atoms with Crippen molar-refractivity contribution in [3.63, 3.8) is 0 Å². The van der Waals surface area contributed by atoms with E-state index in [0.717, 1.165) is 85.5 Å². The highest BCUT2D eigenvalue weighted by Gasteiger charge is 2.31. The summed E-state index contributed by atoms with van der Waals surface area (Å²) in [6.07, 6.45) is 8.67. The van der Waals surface area contributed by atoms with E-state index >= 15 is 0 Å². The van der Waals surface area contributed by atoms with E-state index in [1.54, 1.807) is 0 Å². The fourth-order valence-corrected chi connectivity index (χ4v) is 6.58. The van der Waals surface area contributed by atoms with E-state index < -0.39 is 5.97 Å². The Morgan fingerprint density at radius 2 is 1.89 bits per heavy atom. The molecule has 8 rings (SSSR count). The van der Waals surface area contributed by atoms with E-state index in [0.29, 0.717) is 18.1 Å². The number of nitrogens with zero attached hydrogens (tertiary/aromatic N) is 1. The van der Waals surface area contributed by atoms with Gasteiger partial charge in [-0.2, -0.15) is 0 Å². The molecule has 0 saturated heterocycles. The van der Waals surface area contributed by atoms with Gasteiger partial charge in [-0.05, 0) is 85.3 Å². The number of nitrogen functional groups attached to an aromatic ring is 1. The van der Waals surface area contributed by atoms with Crippen LogP contribution >= 0.6 is 0 Å². The van der Waals surface area contributed by atoms with Gasteiger partial charge in [0.05, 0.1) is 17.8 Å². The van der Waals surface area contributed by atoms with Gasteiger partial charge in [0, 0.05) is 31.5 Å². The van der Waals surface area contributed by atoms with Crippen molar-refractivity contribution in [3.8, 4) is 0 Å². The Kier molecular flexibility index (Phi) is 7.22. The largest absolute Gasteiger partial charge is 0.481 e. The Bertz CT molecular complexity index is 1140. The predicted octanol–water partition coefficient (Wildman–Crippen LogP) is 5.47. The van der Waals surface area contributed by atoms with Crippen LogP contribution < -0.4 is 11.1 Å². The van der Waals surface area contributed by atoms with E-state index in [-0.39, 0.29) is 18.3 Å². The van der Waals surface area contributed by atoms with Gasteiger partial charge in [-0.25, -0.2) is 0 Å². The summed E-state index contributed by atoms with van der Waals surface area (Å²) >= 11 is 0. The highest BCUT2D eigenvalue weighted by Crippen LogP contribution is 2.38. The molecular formula is C30H39N3O3. The maximum atomic E-state index is 13.4. The van der Waals surface area contributed by atoms with Crippen molar-refractivity contribution in [3.05, 3.63) is 58.1 Å². The standard InChI is InChI=1S/C30H39N3O3/c1-19-25-11-12-27(29(19)31)32-14-3-2-4-20-5-7-22(8-6-20)30(36)33-15-13-21-9-10-23(16-24(21)18-33)26(25)17-28(34)35/h9-12,16,20,22,26,32H,2-8,13-15,17-18,31H2,1H3,(H,34,35). The monoisotopic (exact) mass is 489 g/mol. The van der Waals surface area contributed by atoms with Gasteiger partial charge in [0.15, 0.2) is 0 Å². The van der Waals surface area contributed by atoms with Gasteiger partial charge in [-0.15, -0.1) is 0 Å². The number of hydrogen-bond acceptors (Lipinski definition) is 4. The zero-order valence-corrected chi connectivity index (χ0v) is 21.4. The second kappa shape index (κ2) is 10.5. The lowest BCUT2D eigenvalue weighted by Crippen LogP contribution is -2.41. The van der Waals surface area contributed by atoms with Gasteiger partial charge in [-0.1, -0.05) is 37.1 Å². The van der Waals surface area contributed by atoms with Crippen LogP contribution in [0, 0.1) is 18.8 Å². The number of aliphatic carboxylic acids is 1. The van der Waals surface area contributed by atoms with Gasteiger partial charge in [0.2, 0.25) is 5.91 Å². The second-order valence-corrected chi connectivity index (χ2v) is 11.1. The Morgan fingerprint density at radius 1 is 1.08 bits per heavy atom. The fraction of sp³-hybridized carbons (Fsp3) is 0.533. The SMILES string of the molecule is Cc1c2ccc(c1N)NCCCCC1CCC(CC1)C(=O)N1CCc3ccc(cc3C1)C2CC(=O)O. The van der Waals surface area contributed by atoms with Crippen molar-refractivity contribution in [1.29, 1.82) is 0 Å². The molecule has 6 nitrogen and oxygen atoms in total. The maximum Gasteiger partial charge on any atom is 0.304 e. The van der Waals surface area contributed by atoms with E-state index in [2.05, 4.69) is 23.5 Å². The number of anilines is 2. The molecule has 2 aromatic rings. The second-order valence-electron chi connectivity index (χ2n) is 11.1. The number of amides is 1. The van der Waals surface area contributed by atoms with Crippen LogP contribution in [0.1, 0.15) is 85.1 Å². The molecule has 2 aromatic carbocycles. The number of nitrogens with one attached hydrogen (secondary N) is 1. The van der Waals surface area contributed by atoms with Crippen LogP contribution in [0.3, 0.4) is 0 Å². The summed E-state index contributed by atoms with van der Waals surface area (Å²) in [5.74, 6) is 0.0731. The highest BCUT2D eigenvalue weighted by atomic mass is 16.4.